The van der Waals surface area contributed by atoms with Gasteiger partial charge in [-0.05, 0) is 50.0 Å². The maximum atomic E-state index is 13.1. The highest BCUT2D eigenvalue weighted by molar-refractivity contribution is 5.84. The molecule has 2 fully saturated rings. The molecule has 1 aromatic rings. The molecule has 2 aliphatic rings. The Labute approximate surface area is 190 Å². The highest BCUT2D eigenvalue weighted by Crippen LogP contribution is 2.39. The summed E-state index contributed by atoms with van der Waals surface area (Å²) in [5.41, 5.74) is -0.930. The van der Waals surface area contributed by atoms with Gasteiger partial charge in [0.2, 0.25) is 5.79 Å². The number of aromatic nitrogens is 1. The Bertz CT molecular complexity index is 818. The van der Waals surface area contributed by atoms with Crippen molar-refractivity contribution in [1.82, 2.24) is 10.3 Å². The molecule has 178 valence electrons. The van der Waals surface area contributed by atoms with Crippen LogP contribution in [0.2, 0.25) is 0 Å². The molecule has 1 saturated carbocycles. The Morgan fingerprint density at radius 3 is 2.56 bits per heavy atom. The van der Waals surface area contributed by atoms with Gasteiger partial charge in [0.05, 0.1) is 12.1 Å². The smallest absolute Gasteiger partial charge is 0.404 e. The third-order valence-electron chi connectivity index (χ3n) is 6.18. The minimum Gasteiger partial charge on any atom is -0.490 e. The Balaban J connectivity index is 1.87. The first-order chi connectivity index (χ1) is 15.0. The van der Waals surface area contributed by atoms with Crippen molar-refractivity contribution in [2.75, 3.05) is 0 Å². The molecular weight excluding hydrogens is 412 g/mol. The minimum atomic E-state index is -1.52. The summed E-state index contributed by atoms with van der Waals surface area (Å²) in [6, 6.07) is 2.84. The molecule has 1 aliphatic heterocycles. The summed E-state index contributed by atoms with van der Waals surface area (Å²) in [6.07, 6.45) is 5.43. The number of carbonyl (C=O) groups is 2. The molecule has 1 aliphatic carbocycles. The summed E-state index contributed by atoms with van der Waals surface area (Å²) < 4.78 is 17.8. The van der Waals surface area contributed by atoms with Gasteiger partial charge in [-0.3, -0.25) is 4.98 Å². The fourth-order valence-electron chi connectivity index (χ4n) is 4.68. The lowest BCUT2D eigenvalue weighted by molar-refractivity contribution is -0.170. The van der Waals surface area contributed by atoms with Crippen LogP contribution < -0.4 is 10.1 Å². The van der Waals surface area contributed by atoms with Crippen molar-refractivity contribution in [2.24, 2.45) is 11.8 Å². The monoisotopic (exact) mass is 448 g/mol. The molecular formula is C24H36N2O6. The molecule has 8 heteroatoms. The molecule has 32 heavy (non-hydrogen) atoms. The molecule has 0 radical (unpaired) electrons. The maximum absolute atomic E-state index is 13.1. The second kappa shape index (κ2) is 9.65. The number of pyridine rings is 1. The van der Waals surface area contributed by atoms with Gasteiger partial charge in [-0.15, -0.1) is 0 Å². The Kier molecular flexibility index (Phi) is 7.32. The number of carboxylic acid groups (broad SMARTS) is 1. The predicted molar refractivity (Wildman–Crippen MR) is 118 cm³/mol. The molecule has 2 N–H and O–H groups in total. The first-order valence-electron chi connectivity index (χ1n) is 11.5. The molecule has 0 unspecified atom stereocenters. The van der Waals surface area contributed by atoms with Crippen LogP contribution in [0.25, 0.3) is 0 Å². The fraction of sp³-hybridized carbons (Fsp3) is 0.708. The van der Waals surface area contributed by atoms with Crippen LogP contribution in [0.4, 0.5) is 4.79 Å². The average Bonchev–Trinajstić information content (AvgIpc) is 2.91. The van der Waals surface area contributed by atoms with E-state index < -0.39 is 29.5 Å². The van der Waals surface area contributed by atoms with Crippen LogP contribution in [0.5, 0.6) is 5.75 Å². The fourth-order valence-corrected chi connectivity index (χ4v) is 4.68. The molecule has 1 saturated heterocycles. The van der Waals surface area contributed by atoms with Gasteiger partial charge in [-0.1, -0.05) is 20.8 Å². The Hall–Kier alpha value is -2.35. The zero-order chi connectivity index (χ0) is 23.5. The Morgan fingerprint density at radius 2 is 2.00 bits per heavy atom. The van der Waals surface area contributed by atoms with Crippen LogP contribution in [-0.2, 0) is 20.7 Å². The van der Waals surface area contributed by atoms with Crippen molar-refractivity contribution in [1.29, 1.82) is 0 Å². The van der Waals surface area contributed by atoms with Crippen LogP contribution in [0.3, 0.4) is 0 Å². The van der Waals surface area contributed by atoms with Crippen LogP contribution in [-0.4, -0.2) is 45.7 Å². The van der Waals surface area contributed by atoms with E-state index in [-0.39, 0.29) is 18.4 Å². The first-order valence-corrected chi connectivity index (χ1v) is 11.5. The predicted octanol–water partition coefficient (Wildman–Crippen LogP) is 4.31. The quantitative estimate of drug-likeness (QED) is 0.571. The van der Waals surface area contributed by atoms with Crippen molar-refractivity contribution in [2.45, 2.75) is 96.7 Å². The average molecular weight is 449 g/mol. The van der Waals surface area contributed by atoms with Crippen LogP contribution in [0.1, 0.15) is 72.4 Å². The molecule has 3 rings (SSSR count). The molecule has 1 aromatic heterocycles. The summed E-state index contributed by atoms with van der Waals surface area (Å²) in [5.74, 6) is -0.200. The highest BCUT2D eigenvalue weighted by atomic mass is 16.8. The van der Waals surface area contributed by atoms with Gasteiger partial charge in [-0.25, -0.2) is 9.59 Å². The van der Waals surface area contributed by atoms with E-state index in [2.05, 4.69) is 17.2 Å². The summed E-state index contributed by atoms with van der Waals surface area (Å²) in [6.45, 7) is 9.50. The third-order valence-corrected chi connectivity index (χ3v) is 6.18. The summed E-state index contributed by atoms with van der Waals surface area (Å²) in [7, 11) is 0. The van der Waals surface area contributed by atoms with Crippen molar-refractivity contribution in [3.8, 4) is 5.75 Å². The standard InChI is InChI=1S/C24H36N2O6/c1-15(2)12-20(26-22(28)29)24(21(27)31-23(4,5)32-24)14-17-13-19(10-11-25-17)30-18-8-6-16(3)7-9-18/h10-11,13,15-16,18,20,26H,6-9,12,14H2,1-5H3,(H,28,29)/t16?,18?,20-,24-/m1/s1. The largest absolute Gasteiger partial charge is 0.490 e. The van der Waals surface area contributed by atoms with Gasteiger partial charge < -0.3 is 24.6 Å². The van der Waals surface area contributed by atoms with Gasteiger partial charge in [0, 0.05) is 38.2 Å². The van der Waals surface area contributed by atoms with E-state index in [1.807, 2.05) is 26.0 Å². The summed E-state index contributed by atoms with van der Waals surface area (Å²) in [4.78, 5) is 29.1. The van der Waals surface area contributed by atoms with E-state index in [0.717, 1.165) is 31.6 Å². The lowest BCUT2D eigenvalue weighted by Gasteiger charge is -2.35. The molecule has 2 atom stereocenters. The number of rotatable bonds is 8. The number of cyclic esters (lactones) is 1. The van der Waals surface area contributed by atoms with Gasteiger partial charge in [0.25, 0.3) is 0 Å². The molecule has 0 aromatic carbocycles. The number of esters is 1. The summed E-state index contributed by atoms with van der Waals surface area (Å²) >= 11 is 0. The zero-order valence-electron chi connectivity index (χ0n) is 19.7. The van der Waals surface area contributed by atoms with Crippen molar-refractivity contribution >= 4 is 12.1 Å². The molecule has 0 bridgehead atoms. The van der Waals surface area contributed by atoms with Crippen molar-refractivity contribution < 1.29 is 28.9 Å². The SMILES string of the molecule is CC(C)C[C@@H](NC(=O)O)[C@@]1(Cc2cc(OC3CCC(C)CC3)ccn2)OC(C)(C)OC1=O. The second-order valence-corrected chi connectivity index (χ2v) is 10.1. The van der Waals surface area contributed by atoms with Gasteiger partial charge in [0.15, 0.2) is 5.60 Å². The number of nitrogens with zero attached hydrogens (tertiary/aromatic N) is 1. The zero-order valence-corrected chi connectivity index (χ0v) is 19.7. The molecule has 2 heterocycles. The highest BCUT2D eigenvalue weighted by Gasteiger charge is 2.59. The number of ether oxygens (including phenoxy) is 3. The van der Waals surface area contributed by atoms with E-state index in [1.165, 1.54) is 0 Å². The van der Waals surface area contributed by atoms with Crippen LogP contribution in [0.15, 0.2) is 18.3 Å². The normalized spacial score (nSPS) is 28.2. The second-order valence-electron chi connectivity index (χ2n) is 10.1. The van der Waals surface area contributed by atoms with Crippen molar-refractivity contribution in [3.63, 3.8) is 0 Å². The third kappa shape index (κ3) is 5.91. The van der Waals surface area contributed by atoms with E-state index >= 15 is 0 Å². The lowest BCUT2D eigenvalue weighted by Crippen LogP contribution is -2.58. The van der Waals surface area contributed by atoms with E-state index in [4.69, 9.17) is 14.2 Å². The molecule has 1 amide bonds. The number of nitrogens with one attached hydrogen (secondary N) is 1. The molecule has 8 nitrogen and oxygen atoms in total. The van der Waals surface area contributed by atoms with Gasteiger partial charge in [-0.2, -0.15) is 0 Å². The number of carbonyl (C=O) groups excluding carboxylic acids is 1. The number of amides is 1. The number of hydrogen-bond donors (Lipinski definition) is 2. The van der Waals surface area contributed by atoms with E-state index in [0.29, 0.717) is 17.9 Å². The van der Waals surface area contributed by atoms with Gasteiger partial charge >= 0.3 is 12.1 Å². The maximum Gasteiger partial charge on any atom is 0.404 e. The lowest BCUT2D eigenvalue weighted by atomic mass is 9.84. The topological polar surface area (TPSA) is 107 Å². The van der Waals surface area contributed by atoms with E-state index in [1.54, 1.807) is 20.0 Å². The molecule has 0 spiro atoms. The minimum absolute atomic E-state index is 0.0752. The Morgan fingerprint density at radius 1 is 1.31 bits per heavy atom. The van der Waals surface area contributed by atoms with Crippen LogP contribution >= 0.6 is 0 Å². The van der Waals surface area contributed by atoms with Crippen molar-refractivity contribution in [3.05, 3.63) is 24.0 Å². The van der Waals surface area contributed by atoms with Gasteiger partial charge in [0.1, 0.15) is 5.75 Å². The van der Waals surface area contributed by atoms with Crippen LogP contribution in [0, 0.1) is 11.8 Å². The first kappa shape index (κ1) is 24.3. The summed E-state index contributed by atoms with van der Waals surface area (Å²) in [5, 5.41) is 11.9. The van der Waals surface area contributed by atoms with E-state index in [9.17, 15) is 14.7 Å². The number of hydrogen-bond acceptors (Lipinski definition) is 6.